The zero-order valence-corrected chi connectivity index (χ0v) is 21.1. The van der Waals surface area contributed by atoms with Gasteiger partial charge in [-0.1, -0.05) is 25.6 Å². The maximum atomic E-state index is 14.5. The summed E-state index contributed by atoms with van der Waals surface area (Å²) in [4.78, 5) is 25.7. The molecule has 2 heterocycles. The molecule has 1 aromatic rings. The number of aliphatic hydroxyl groups is 1. The van der Waals surface area contributed by atoms with E-state index < -0.39 is 32.9 Å². The van der Waals surface area contributed by atoms with Gasteiger partial charge in [-0.25, -0.2) is 22.9 Å². The van der Waals surface area contributed by atoms with Gasteiger partial charge < -0.3 is 19.8 Å². The van der Waals surface area contributed by atoms with Gasteiger partial charge in [-0.2, -0.15) is 0 Å². The minimum Gasteiger partial charge on any atom is -0.464 e. The van der Waals surface area contributed by atoms with Crippen molar-refractivity contribution in [2.45, 2.75) is 63.3 Å². The van der Waals surface area contributed by atoms with Crippen molar-refractivity contribution < 1.29 is 33.1 Å². The van der Waals surface area contributed by atoms with E-state index in [0.29, 0.717) is 36.3 Å². The van der Waals surface area contributed by atoms with E-state index >= 15 is 0 Å². The van der Waals surface area contributed by atoms with Crippen LogP contribution in [-0.2, 0) is 25.9 Å². The van der Waals surface area contributed by atoms with E-state index in [9.17, 15) is 23.3 Å². The molecule has 34 heavy (non-hydrogen) atoms. The van der Waals surface area contributed by atoms with Crippen LogP contribution in [0.15, 0.2) is 22.6 Å². The van der Waals surface area contributed by atoms with Crippen LogP contribution in [0.3, 0.4) is 0 Å². The molecule has 4 N–H and O–H groups in total. The number of halogens is 1. The van der Waals surface area contributed by atoms with E-state index in [1.165, 1.54) is 30.9 Å². The molecule has 0 bridgehead atoms. The molecule has 0 aliphatic carbocycles. The maximum Gasteiger partial charge on any atom is 0.417 e. The number of ether oxygens (including phenoxy) is 1. The van der Waals surface area contributed by atoms with E-state index in [1.807, 2.05) is 13.8 Å². The summed E-state index contributed by atoms with van der Waals surface area (Å²) in [5.41, 5.74) is 0.641. The highest BCUT2D eigenvalue weighted by atomic mass is 32.3. The summed E-state index contributed by atoms with van der Waals surface area (Å²) in [6.07, 6.45) is 0.127. The van der Waals surface area contributed by atoms with Crippen molar-refractivity contribution >= 4 is 33.7 Å². The zero-order chi connectivity index (χ0) is 25.4. The number of nitrogens with one attached hydrogen (secondary N) is 2. The number of carbonyl (C=O) groups is 2. The van der Waals surface area contributed by atoms with Crippen LogP contribution in [0.2, 0.25) is 0 Å². The average molecular weight is 516 g/mol. The first-order valence-electron chi connectivity index (χ1n) is 10.8. The minimum atomic E-state index is -3.94. The summed E-state index contributed by atoms with van der Waals surface area (Å²) < 4.78 is 42.0. The summed E-state index contributed by atoms with van der Waals surface area (Å²) in [5.74, 6) is -0.945. The number of thioether (sulfide) groups is 1. The van der Waals surface area contributed by atoms with Crippen LogP contribution in [0, 0.1) is 10.6 Å². The van der Waals surface area contributed by atoms with Crippen LogP contribution in [0.1, 0.15) is 62.6 Å². The number of hydrogen-bond donors (Lipinski definition) is 4. The summed E-state index contributed by atoms with van der Waals surface area (Å²) in [7, 11) is -3.94. The molecule has 1 fully saturated rings. The van der Waals surface area contributed by atoms with Crippen LogP contribution < -0.4 is 4.72 Å². The molecule has 2 amide bonds. The van der Waals surface area contributed by atoms with E-state index in [1.54, 1.807) is 4.72 Å². The predicted octanol–water partition coefficient (Wildman–Crippen LogP) is 3.70. The van der Waals surface area contributed by atoms with Gasteiger partial charge in [0.1, 0.15) is 15.4 Å². The van der Waals surface area contributed by atoms with Gasteiger partial charge in [-0.3, -0.25) is 4.79 Å². The first-order valence-corrected chi connectivity index (χ1v) is 13.3. The second-order valence-corrected chi connectivity index (χ2v) is 12.4. The molecule has 3 rings (SSSR count). The molecule has 1 saturated heterocycles. The smallest absolute Gasteiger partial charge is 0.417 e. The molecule has 2 aliphatic heterocycles. The Labute approximate surface area is 202 Å². The minimum absolute atomic E-state index is 0.0492. The van der Waals surface area contributed by atoms with Crippen molar-refractivity contribution in [2.24, 2.45) is 0 Å². The Hall–Kier alpha value is -2.15. The zero-order valence-electron chi connectivity index (χ0n) is 19.5. The van der Waals surface area contributed by atoms with Gasteiger partial charge in [-0.05, 0) is 55.0 Å². The largest absolute Gasteiger partial charge is 0.464 e. The molecule has 188 valence electrons. The van der Waals surface area contributed by atoms with Crippen molar-refractivity contribution in [3.63, 3.8) is 0 Å². The number of carboxylic acid groups (broad SMARTS) is 1. The summed E-state index contributed by atoms with van der Waals surface area (Å²) in [6, 6.07) is 2.86. The molecule has 0 saturated carbocycles. The molecule has 12 heteroatoms. The number of rotatable bonds is 7. The Bertz CT molecular complexity index is 1110. The second-order valence-electron chi connectivity index (χ2n) is 9.29. The monoisotopic (exact) mass is 515 g/mol. The average Bonchev–Trinajstić information content (AvgIpc) is 3.37. The predicted molar refractivity (Wildman–Crippen MR) is 127 cm³/mol. The van der Waals surface area contributed by atoms with Crippen molar-refractivity contribution in [1.29, 1.82) is 4.78 Å². The van der Waals surface area contributed by atoms with Crippen molar-refractivity contribution in [3.05, 3.63) is 45.1 Å². The lowest BCUT2D eigenvalue weighted by Crippen LogP contribution is -2.46. The number of hydrogen-bond acceptors (Lipinski definition) is 7. The first kappa shape index (κ1) is 26.5. The normalized spacial score (nSPS) is 22.6. The summed E-state index contributed by atoms with van der Waals surface area (Å²) >= 11 is 0.803. The molecule has 2 aliphatic rings. The van der Waals surface area contributed by atoms with Gasteiger partial charge in [0.05, 0.1) is 18.6 Å². The van der Waals surface area contributed by atoms with E-state index in [0.717, 1.165) is 18.0 Å². The molecule has 0 spiro atoms. The van der Waals surface area contributed by atoms with E-state index in [-0.39, 0.29) is 28.3 Å². The van der Waals surface area contributed by atoms with Gasteiger partial charge in [0.25, 0.3) is 0 Å². The Morgan fingerprint density at radius 1 is 1.41 bits per heavy atom. The Morgan fingerprint density at radius 3 is 2.62 bits per heavy atom. The third-order valence-corrected chi connectivity index (χ3v) is 9.23. The first-order chi connectivity index (χ1) is 15.7. The number of amides is 2. The van der Waals surface area contributed by atoms with Crippen LogP contribution in [0.4, 0.5) is 9.18 Å². The second kappa shape index (κ2) is 9.84. The van der Waals surface area contributed by atoms with Crippen molar-refractivity contribution in [1.82, 2.24) is 9.62 Å². The lowest BCUT2D eigenvalue weighted by atomic mass is 9.85. The molecule has 0 radical (unpaired) electrons. The molecule has 0 aromatic heterocycles. The Morgan fingerprint density at radius 2 is 2.09 bits per heavy atom. The number of benzene rings is 1. The van der Waals surface area contributed by atoms with Gasteiger partial charge >= 0.3 is 6.09 Å². The third-order valence-electron chi connectivity index (χ3n) is 5.73. The van der Waals surface area contributed by atoms with Gasteiger partial charge in [0, 0.05) is 18.7 Å². The quantitative estimate of drug-likeness (QED) is 0.434. The van der Waals surface area contributed by atoms with Gasteiger partial charge in [0.15, 0.2) is 9.92 Å². The van der Waals surface area contributed by atoms with Crippen LogP contribution >= 0.6 is 11.8 Å². The fourth-order valence-corrected chi connectivity index (χ4v) is 6.69. The SMILES string of the molecule is CC(C)c1cc(F)cc(C2CCOC2)c1CC(=O)N1C=C(S(=N)(=O)NC(=O)O)SC1C(C)(C)O. The Balaban J connectivity index is 2.02. The molecule has 3 atom stereocenters. The molecule has 3 unspecified atom stereocenters. The number of nitrogens with zero attached hydrogens (tertiary/aromatic N) is 1. The molecule has 9 nitrogen and oxygen atoms in total. The fourth-order valence-electron chi connectivity index (χ4n) is 4.17. The van der Waals surface area contributed by atoms with Crippen LogP contribution in [0.5, 0.6) is 0 Å². The topological polar surface area (TPSA) is 140 Å². The van der Waals surface area contributed by atoms with E-state index in [2.05, 4.69) is 0 Å². The highest BCUT2D eigenvalue weighted by molar-refractivity contribution is 8.19. The maximum absolute atomic E-state index is 14.5. The van der Waals surface area contributed by atoms with Crippen LogP contribution in [0.25, 0.3) is 0 Å². The van der Waals surface area contributed by atoms with Gasteiger partial charge in [-0.15, -0.1) is 0 Å². The van der Waals surface area contributed by atoms with Gasteiger partial charge in [0.2, 0.25) is 5.91 Å². The fraction of sp³-hybridized carbons (Fsp3) is 0.545. The number of carbonyl (C=O) groups excluding carboxylic acids is 1. The summed E-state index contributed by atoms with van der Waals surface area (Å²) in [6.45, 7) is 7.74. The lowest BCUT2D eigenvalue weighted by molar-refractivity contribution is -0.131. The molecular weight excluding hydrogens is 485 g/mol. The third kappa shape index (κ3) is 5.73. The molecular formula is C22H30FN3O6S2. The van der Waals surface area contributed by atoms with Crippen LogP contribution in [-0.4, -0.2) is 55.5 Å². The van der Waals surface area contributed by atoms with Crippen molar-refractivity contribution in [3.8, 4) is 0 Å². The van der Waals surface area contributed by atoms with Crippen molar-refractivity contribution in [2.75, 3.05) is 13.2 Å². The molecule has 1 aromatic carbocycles. The lowest BCUT2D eigenvalue weighted by Gasteiger charge is -2.33. The standard InChI is InChI=1S/C22H30FN3O6S2/c1-12(2)15-7-14(23)8-16(13-5-6-32-11-13)17(15)9-18(27)26-10-19(33-20(26)22(3,4)30)34(24,31)25-21(28)29/h7-8,10,12-13,20,30H,5-6,9,11H2,1-4H3,(H,28,29)(H2,24,25,31). The Kier molecular flexibility index (Phi) is 7.66. The summed E-state index contributed by atoms with van der Waals surface area (Å²) in [5, 5.41) is 18.7. The van der Waals surface area contributed by atoms with E-state index in [4.69, 9.17) is 14.6 Å². The highest BCUT2D eigenvalue weighted by Crippen LogP contribution is 2.42. The highest BCUT2D eigenvalue weighted by Gasteiger charge is 2.43.